The normalized spacial score (nSPS) is 15.4. The molecule has 1 aliphatic carbocycles. The number of urea groups is 1. The minimum absolute atomic E-state index is 0.179. The number of amides is 2. The Labute approximate surface area is 125 Å². The Bertz CT molecular complexity index is 470. The number of nitrogens with zero attached hydrogens (tertiary/aromatic N) is 1. The lowest BCUT2D eigenvalue weighted by Crippen LogP contribution is -2.46. The van der Waals surface area contributed by atoms with Crippen LogP contribution in [0.1, 0.15) is 37.7 Å². The highest BCUT2D eigenvalue weighted by Gasteiger charge is 2.21. The van der Waals surface area contributed by atoms with Gasteiger partial charge >= 0.3 is 12.0 Å². The largest absolute Gasteiger partial charge is 0.480 e. The molecule has 0 atom stereocenters. The van der Waals surface area contributed by atoms with Crippen LogP contribution in [-0.4, -0.2) is 34.6 Å². The van der Waals surface area contributed by atoms with E-state index in [2.05, 4.69) is 5.32 Å². The topological polar surface area (TPSA) is 69.6 Å². The van der Waals surface area contributed by atoms with Gasteiger partial charge in [0.25, 0.3) is 0 Å². The smallest absolute Gasteiger partial charge is 0.323 e. The number of carbonyl (C=O) groups excluding carboxylic acids is 1. The Morgan fingerprint density at radius 1 is 1.14 bits per heavy atom. The quantitative estimate of drug-likeness (QED) is 0.875. The first-order chi connectivity index (χ1) is 10.1. The average Bonchev–Trinajstić information content (AvgIpc) is 2.48. The molecule has 0 radical (unpaired) electrons. The molecule has 2 amide bonds. The molecule has 0 aromatic heterocycles. The highest BCUT2D eigenvalue weighted by Crippen LogP contribution is 2.17. The van der Waals surface area contributed by atoms with E-state index in [4.69, 9.17) is 5.11 Å². The summed E-state index contributed by atoms with van der Waals surface area (Å²) in [6.07, 6.45) is 5.44. The van der Waals surface area contributed by atoms with Crippen molar-refractivity contribution in [1.29, 1.82) is 0 Å². The molecule has 114 valence electrons. The SMILES string of the molecule is O=C(O)CN(Cc1ccccc1)C(=O)NC1CCCCC1. The molecule has 5 heteroatoms. The number of carboxylic acids is 1. The molecule has 0 bridgehead atoms. The number of hydrogen-bond donors (Lipinski definition) is 2. The Morgan fingerprint density at radius 2 is 1.81 bits per heavy atom. The van der Waals surface area contributed by atoms with Crippen LogP contribution < -0.4 is 5.32 Å². The van der Waals surface area contributed by atoms with E-state index in [-0.39, 0.29) is 18.6 Å². The summed E-state index contributed by atoms with van der Waals surface area (Å²) in [6.45, 7) is 0.0269. The van der Waals surface area contributed by atoms with Gasteiger partial charge in [-0.2, -0.15) is 0 Å². The van der Waals surface area contributed by atoms with Gasteiger partial charge in [-0.1, -0.05) is 49.6 Å². The van der Waals surface area contributed by atoms with E-state index >= 15 is 0 Å². The lowest BCUT2D eigenvalue weighted by molar-refractivity contribution is -0.137. The summed E-state index contributed by atoms with van der Waals surface area (Å²) in [5, 5.41) is 12.0. The zero-order valence-electron chi connectivity index (χ0n) is 12.1. The second-order valence-corrected chi connectivity index (χ2v) is 5.52. The van der Waals surface area contributed by atoms with Crippen molar-refractivity contribution in [3.05, 3.63) is 35.9 Å². The summed E-state index contributed by atoms with van der Waals surface area (Å²) in [4.78, 5) is 24.6. The maximum atomic E-state index is 12.3. The van der Waals surface area contributed by atoms with Crippen LogP contribution in [0.3, 0.4) is 0 Å². The number of hydrogen-bond acceptors (Lipinski definition) is 2. The van der Waals surface area contributed by atoms with E-state index in [0.717, 1.165) is 31.2 Å². The first-order valence-electron chi connectivity index (χ1n) is 7.46. The van der Waals surface area contributed by atoms with Crippen LogP contribution in [0.2, 0.25) is 0 Å². The van der Waals surface area contributed by atoms with Crippen LogP contribution >= 0.6 is 0 Å². The third-order valence-electron chi connectivity index (χ3n) is 3.76. The van der Waals surface area contributed by atoms with Gasteiger partial charge in [0.15, 0.2) is 0 Å². The van der Waals surface area contributed by atoms with Crippen LogP contribution in [0.5, 0.6) is 0 Å². The summed E-state index contributed by atoms with van der Waals surface area (Å²) in [5.74, 6) is -0.996. The summed E-state index contributed by atoms with van der Waals surface area (Å²) < 4.78 is 0. The molecular formula is C16H22N2O3. The molecule has 1 fully saturated rings. The fourth-order valence-electron chi connectivity index (χ4n) is 2.68. The Balaban J connectivity index is 1.97. The van der Waals surface area contributed by atoms with Gasteiger partial charge in [0.1, 0.15) is 6.54 Å². The molecule has 0 unspecified atom stereocenters. The second kappa shape index (κ2) is 7.67. The van der Waals surface area contributed by atoms with Gasteiger partial charge in [-0.3, -0.25) is 4.79 Å². The molecule has 5 nitrogen and oxygen atoms in total. The minimum Gasteiger partial charge on any atom is -0.480 e. The van der Waals surface area contributed by atoms with Gasteiger partial charge in [-0.15, -0.1) is 0 Å². The maximum Gasteiger partial charge on any atom is 0.323 e. The fourth-order valence-corrected chi connectivity index (χ4v) is 2.68. The Kier molecular flexibility index (Phi) is 5.60. The lowest BCUT2D eigenvalue weighted by atomic mass is 9.96. The van der Waals surface area contributed by atoms with Crippen LogP contribution in [0.4, 0.5) is 4.79 Å². The molecule has 21 heavy (non-hydrogen) atoms. The van der Waals surface area contributed by atoms with Gasteiger partial charge in [0, 0.05) is 12.6 Å². The number of carbonyl (C=O) groups is 2. The molecule has 0 spiro atoms. The van der Waals surface area contributed by atoms with E-state index in [9.17, 15) is 9.59 Å². The standard InChI is InChI=1S/C16H22N2O3/c19-15(20)12-18(11-13-7-3-1-4-8-13)16(21)17-14-9-5-2-6-10-14/h1,3-4,7-8,14H,2,5-6,9-12H2,(H,17,21)(H,19,20). The number of aliphatic carboxylic acids is 1. The highest BCUT2D eigenvalue weighted by atomic mass is 16.4. The summed E-state index contributed by atoms with van der Waals surface area (Å²) in [5.41, 5.74) is 0.928. The molecule has 2 N–H and O–H groups in total. The van der Waals surface area contributed by atoms with Crippen molar-refractivity contribution < 1.29 is 14.7 Å². The molecule has 0 saturated heterocycles. The third kappa shape index (κ3) is 5.10. The number of benzene rings is 1. The van der Waals surface area contributed by atoms with E-state index in [1.807, 2.05) is 30.3 Å². The summed E-state index contributed by atoms with van der Waals surface area (Å²) in [6, 6.07) is 9.34. The lowest BCUT2D eigenvalue weighted by Gasteiger charge is -2.27. The highest BCUT2D eigenvalue weighted by molar-refractivity contribution is 5.80. The van der Waals surface area contributed by atoms with Gasteiger partial charge in [-0.25, -0.2) is 4.79 Å². The Hall–Kier alpha value is -2.04. The monoisotopic (exact) mass is 290 g/mol. The van der Waals surface area contributed by atoms with Crippen molar-refractivity contribution >= 4 is 12.0 Å². The minimum atomic E-state index is -0.996. The van der Waals surface area contributed by atoms with Crippen LogP contribution in [0.15, 0.2) is 30.3 Å². The molecular weight excluding hydrogens is 268 g/mol. The fraction of sp³-hybridized carbons (Fsp3) is 0.500. The van der Waals surface area contributed by atoms with Gasteiger partial charge in [-0.05, 0) is 18.4 Å². The van der Waals surface area contributed by atoms with Gasteiger partial charge in [0.2, 0.25) is 0 Å². The van der Waals surface area contributed by atoms with Crippen molar-refractivity contribution in [1.82, 2.24) is 10.2 Å². The number of nitrogens with one attached hydrogen (secondary N) is 1. The second-order valence-electron chi connectivity index (χ2n) is 5.52. The van der Waals surface area contributed by atoms with Crippen molar-refractivity contribution in [2.45, 2.75) is 44.7 Å². The van der Waals surface area contributed by atoms with E-state index in [1.165, 1.54) is 11.3 Å². The third-order valence-corrected chi connectivity index (χ3v) is 3.76. The molecule has 0 heterocycles. The molecule has 1 aromatic carbocycles. The molecule has 1 saturated carbocycles. The van der Waals surface area contributed by atoms with Gasteiger partial charge in [0.05, 0.1) is 0 Å². The van der Waals surface area contributed by atoms with Crippen LogP contribution in [0, 0.1) is 0 Å². The zero-order valence-corrected chi connectivity index (χ0v) is 12.1. The predicted octanol–water partition coefficient (Wildman–Crippen LogP) is 2.62. The molecule has 2 rings (SSSR count). The van der Waals surface area contributed by atoms with Crippen LogP contribution in [-0.2, 0) is 11.3 Å². The van der Waals surface area contributed by atoms with Crippen molar-refractivity contribution in [3.8, 4) is 0 Å². The maximum absolute atomic E-state index is 12.3. The number of rotatable bonds is 5. The van der Waals surface area contributed by atoms with Gasteiger partial charge < -0.3 is 15.3 Å². The van der Waals surface area contributed by atoms with Crippen LogP contribution in [0.25, 0.3) is 0 Å². The van der Waals surface area contributed by atoms with E-state index in [0.29, 0.717) is 6.54 Å². The molecule has 1 aliphatic rings. The van der Waals surface area contributed by atoms with E-state index in [1.54, 1.807) is 0 Å². The first kappa shape index (κ1) is 15.4. The molecule has 1 aromatic rings. The summed E-state index contributed by atoms with van der Waals surface area (Å²) in [7, 11) is 0. The average molecular weight is 290 g/mol. The van der Waals surface area contributed by atoms with Crippen molar-refractivity contribution in [3.63, 3.8) is 0 Å². The Morgan fingerprint density at radius 3 is 2.43 bits per heavy atom. The number of carboxylic acid groups (broad SMARTS) is 1. The first-order valence-corrected chi connectivity index (χ1v) is 7.46. The zero-order chi connectivity index (χ0) is 15.1. The molecule has 0 aliphatic heterocycles. The predicted molar refractivity (Wildman–Crippen MR) is 79.9 cm³/mol. The summed E-state index contributed by atoms with van der Waals surface area (Å²) >= 11 is 0. The van der Waals surface area contributed by atoms with Crippen molar-refractivity contribution in [2.24, 2.45) is 0 Å². The van der Waals surface area contributed by atoms with Crippen molar-refractivity contribution in [2.75, 3.05) is 6.54 Å². The van der Waals surface area contributed by atoms with E-state index < -0.39 is 5.97 Å².